The molecular formula is C19H26ClN5O11S2. The van der Waals surface area contributed by atoms with Gasteiger partial charge in [0.25, 0.3) is 0 Å². The van der Waals surface area contributed by atoms with Crippen molar-refractivity contribution in [3.63, 3.8) is 0 Å². The van der Waals surface area contributed by atoms with Crippen LogP contribution in [0.5, 0.6) is 5.75 Å². The Bertz CT molecular complexity index is 1310. The van der Waals surface area contributed by atoms with Crippen LogP contribution in [0.1, 0.15) is 24.0 Å². The van der Waals surface area contributed by atoms with Gasteiger partial charge in [-0.1, -0.05) is 17.7 Å². The average Bonchev–Trinajstić information content (AvgIpc) is 2.81. The van der Waals surface area contributed by atoms with Crippen LogP contribution < -0.4 is 15.2 Å². The molecule has 1 aliphatic rings. The maximum atomic E-state index is 13.0. The first-order chi connectivity index (χ1) is 17.8. The molecule has 212 valence electrons. The van der Waals surface area contributed by atoms with Gasteiger partial charge in [-0.15, -0.1) is 0 Å². The second kappa shape index (κ2) is 12.8. The molecule has 0 aliphatic carbocycles. The monoisotopic (exact) mass is 599 g/mol. The highest BCUT2D eigenvalue weighted by Gasteiger charge is 2.33. The lowest BCUT2D eigenvalue weighted by atomic mass is 10.1. The minimum absolute atomic E-state index is 0.0495. The molecular weight excluding hydrogens is 574 g/mol. The van der Waals surface area contributed by atoms with Crippen LogP contribution in [0, 0.1) is 0 Å². The summed E-state index contributed by atoms with van der Waals surface area (Å²) in [5.74, 6) is 0.336. The first-order valence-corrected chi connectivity index (χ1v) is 14.1. The number of sulfonamides is 2. The van der Waals surface area contributed by atoms with E-state index in [0.29, 0.717) is 29.7 Å². The lowest BCUT2D eigenvalue weighted by Crippen LogP contribution is -2.40. The van der Waals surface area contributed by atoms with Crippen molar-refractivity contribution in [1.29, 1.82) is 0 Å². The van der Waals surface area contributed by atoms with Crippen LogP contribution in [-0.4, -0.2) is 72.6 Å². The predicted octanol–water partition coefficient (Wildman–Crippen LogP) is 1.24. The lowest BCUT2D eigenvalue weighted by molar-refractivity contribution is -0.497. The Morgan fingerprint density at radius 2 is 1.61 bits per heavy atom. The molecule has 0 unspecified atom stereocenters. The maximum absolute atomic E-state index is 13.0. The predicted molar refractivity (Wildman–Crippen MR) is 127 cm³/mol. The van der Waals surface area contributed by atoms with E-state index < -0.39 is 35.7 Å². The molecule has 19 heteroatoms. The molecule has 0 saturated heterocycles. The van der Waals surface area contributed by atoms with Crippen LogP contribution in [0.3, 0.4) is 0 Å². The van der Waals surface area contributed by atoms with Gasteiger partial charge in [-0.2, -0.15) is 4.31 Å². The van der Waals surface area contributed by atoms with Gasteiger partial charge in [-0.05, 0) is 48.2 Å². The van der Waals surface area contributed by atoms with E-state index in [0.717, 1.165) is 10.4 Å². The molecule has 0 bridgehead atoms. The van der Waals surface area contributed by atoms with Gasteiger partial charge in [0.15, 0.2) is 0 Å². The number of rotatable bonds is 13. The van der Waals surface area contributed by atoms with Crippen LogP contribution in [-0.2, 0) is 42.9 Å². The first kappa shape index (κ1) is 30.4. The van der Waals surface area contributed by atoms with E-state index in [1.54, 1.807) is 18.2 Å². The van der Waals surface area contributed by atoms with E-state index in [2.05, 4.69) is 15.0 Å². The minimum Gasteiger partial charge on any atom is -0.494 e. The van der Waals surface area contributed by atoms with Crippen molar-refractivity contribution < 1.29 is 52.1 Å². The SMILES string of the molecule is NS(=O)(=O)c1cc2c(cc1Cl)NCN(CCCCOc1cc(CON(O)O)cc(CON(O)O)c1)S2(=O)=O. The largest absolute Gasteiger partial charge is 0.494 e. The summed E-state index contributed by atoms with van der Waals surface area (Å²) in [6.45, 7) is -0.278. The van der Waals surface area contributed by atoms with Crippen molar-refractivity contribution in [2.75, 3.05) is 25.1 Å². The fourth-order valence-electron chi connectivity index (χ4n) is 3.52. The number of anilines is 1. The molecule has 0 aromatic heterocycles. The molecule has 7 N–H and O–H groups in total. The van der Waals surface area contributed by atoms with Crippen LogP contribution in [0.4, 0.5) is 5.69 Å². The van der Waals surface area contributed by atoms with Crippen molar-refractivity contribution in [1.82, 2.24) is 15.1 Å². The summed E-state index contributed by atoms with van der Waals surface area (Å²) in [6.07, 6.45) is 0.815. The van der Waals surface area contributed by atoms with E-state index in [1.807, 2.05) is 0 Å². The Morgan fingerprint density at radius 1 is 1.00 bits per heavy atom. The highest BCUT2D eigenvalue weighted by molar-refractivity contribution is 7.90. The van der Waals surface area contributed by atoms with Crippen molar-refractivity contribution in [2.24, 2.45) is 5.14 Å². The fraction of sp³-hybridized carbons (Fsp3) is 0.368. The van der Waals surface area contributed by atoms with Gasteiger partial charge in [0.2, 0.25) is 20.0 Å². The van der Waals surface area contributed by atoms with Crippen molar-refractivity contribution in [3.8, 4) is 5.75 Å². The Hall–Kier alpha value is -2.17. The standard InChI is InChI=1S/C19H26ClN5O11S2/c20-16-8-17-19(9-18(16)37(21,30)31)38(32,33)23(12-22-17)3-1-2-4-34-15-6-13(10-35-24(26)27)5-14(7-15)11-36-25(28)29/h5-9,22,26-29H,1-4,10-12H2,(H2,21,30,31). The zero-order valence-corrected chi connectivity index (χ0v) is 22.0. The zero-order chi connectivity index (χ0) is 28.1. The number of primary sulfonamides is 1. The highest BCUT2D eigenvalue weighted by Crippen LogP contribution is 2.35. The highest BCUT2D eigenvalue weighted by atomic mass is 35.5. The molecule has 0 spiro atoms. The molecule has 16 nitrogen and oxygen atoms in total. The number of fused-ring (bicyclic) bond motifs is 1. The third-order valence-electron chi connectivity index (χ3n) is 5.19. The molecule has 2 aromatic rings. The number of nitrogens with zero attached hydrogens (tertiary/aromatic N) is 3. The molecule has 3 rings (SSSR count). The number of halogens is 1. The number of benzene rings is 2. The molecule has 38 heavy (non-hydrogen) atoms. The number of ether oxygens (including phenoxy) is 1. The molecule has 0 fully saturated rings. The topological polar surface area (TPSA) is 225 Å². The number of unbranched alkanes of at least 4 members (excludes halogenated alkanes) is 1. The number of hydrogen-bond acceptors (Lipinski definition) is 14. The summed E-state index contributed by atoms with van der Waals surface area (Å²) in [5, 5.41) is 41.9. The lowest BCUT2D eigenvalue weighted by Gasteiger charge is -2.29. The smallest absolute Gasteiger partial charge is 0.246 e. The second-order valence-corrected chi connectivity index (χ2v) is 11.8. The van der Waals surface area contributed by atoms with Gasteiger partial charge in [-0.25, -0.2) is 31.6 Å². The molecule has 0 saturated carbocycles. The van der Waals surface area contributed by atoms with E-state index in [4.69, 9.17) is 42.3 Å². The van der Waals surface area contributed by atoms with Crippen LogP contribution in [0.15, 0.2) is 40.1 Å². The van der Waals surface area contributed by atoms with E-state index in [1.165, 1.54) is 6.07 Å². The summed E-state index contributed by atoms with van der Waals surface area (Å²) in [7, 11) is -8.26. The molecule has 1 heterocycles. The van der Waals surface area contributed by atoms with Gasteiger partial charge in [0, 0.05) is 6.54 Å². The normalized spacial score (nSPS) is 15.5. The molecule has 0 atom stereocenters. The van der Waals surface area contributed by atoms with Gasteiger partial charge in [-0.3, -0.25) is 20.8 Å². The molecule has 0 amide bonds. The van der Waals surface area contributed by atoms with Crippen LogP contribution in [0.2, 0.25) is 5.02 Å². The summed E-state index contributed by atoms with van der Waals surface area (Å²) in [6, 6.07) is 6.78. The molecule has 0 radical (unpaired) electrons. The third-order valence-corrected chi connectivity index (χ3v) is 8.46. The quantitative estimate of drug-likeness (QED) is 0.141. The maximum Gasteiger partial charge on any atom is 0.246 e. The van der Waals surface area contributed by atoms with Crippen LogP contribution in [0.25, 0.3) is 0 Å². The van der Waals surface area contributed by atoms with Crippen molar-refractivity contribution in [2.45, 2.75) is 35.8 Å². The van der Waals surface area contributed by atoms with Gasteiger partial charge in [0.1, 0.15) is 15.5 Å². The minimum atomic E-state index is -4.24. The van der Waals surface area contributed by atoms with Crippen molar-refractivity contribution >= 4 is 37.3 Å². The van der Waals surface area contributed by atoms with Crippen molar-refractivity contribution in [3.05, 3.63) is 46.5 Å². The van der Waals surface area contributed by atoms with Gasteiger partial charge in [0.05, 0.1) is 48.0 Å². The molecule has 1 aliphatic heterocycles. The Kier molecular flexibility index (Phi) is 10.2. The summed E-state index contributed by atoms with van der Waals surface area (Å²) >= 11 is 5.94. The van der Waals surface area contributed by atoms with E-state index in [9.17, 15) is 16.8 Å². The summed E-state index contributed by atoms with van der Waals surface area (Å²) < 4.78 is 56.5. The zero-order valence-electron chi connectivity index (χ0n) is 19.6. The Labute approximate surface area is 222 Å². The van der Waals surface area contributed by atoms with Gasteiger partial charge < -0.3 is 10.1 Å². The van der Waals surface area contributed by atoms with E-state index in [-0.39, 0.29) is 48.6 Å². The summed E-state index contributed by atoms with van der Waals surface area (Å²) in [4.78, 5) is 8.40. The molecule has 2 aromatic carbocycles. The van der Waals surface area contributed by atoms with Crippen LogP contribution >= 0.6 is 11.6 Å². The summed E-state index contributed by atoms with van der Waals surface area (Å²) in [5.41, 5.74) is 1.06. The number of nitrogens with two attached hydrogens (primary N) is 1. The Morgan fingerprint density at radius 3 is 2.16 bits per heavy atom. The average molecular weight is 600 g/mol. The third kappa shape index (κ3) is 8.16. The second-order valence-electron chi connectivity index (χ2n) is 7.93. The fourth-order valence-corrected chi connectivity index (χ4v) is 6.26. The Balaban J connectivity index is 1.60. The number of hydrogen-bond donors (Lipinski definition) is 6. The first-order valence-electron chi connectivity index (χ1n) is 10.7. The number of nitrogens with one attached hydrogen (secondary N) is 1. The van der Waals surface area contributed by atoms with E-state index >= 15 is 0 Å². The van der Waals surface area contributed by atoms with Gasteiger partial charge >= 0.3 is 0 Å².